The summed E-state index contributed by atoms with van der Waals surface area (Å²) in [5.74, 6) is 0.133. The van der Waals surface area contributed by atoms with E-state index < -0.39 is 0 Å². The number of nitrogens with one attached hydrogen (secondary N) is 3. The molecule has 0 spiro atoms. The molecule has 1 amide bonds. The van der Waals surface area contributed by atoms with Gasteiger partial charge in [-0.25, -0.2) is 4.98 Å². The predicted molar refractivity (Wildman–Crippen MR) is 64.5 cm³/mol. The number of fused-ring (bicyclic) bond motifs is 1. The van der Waals surface area contributed by atoms with E-state index >= 15 is 0 Å². The number of amides is 1. The zero-order chi connectivity index (χ0) is 12.3. The molecule has 0 aliphatic carbocycles. The van der Waals surface area contributed by atoms with Crippen molar-refractivity contribution in [2.45, 2.75) is 19.0 Å². The number of imidazole rings is 1. The summed E-state index contributed by atoms with van der Waals surface area (Å²) >= 11 is 0. The van der Waals surface area contributed by atoms with Crippen molar-refractivity contribution < 1.29 is 4.79 Å². The van der Waals surface area contributed by atoms with E-state index in [4.69, 9.17) is 0 Å². The minimum Gasteiger partial charge on any atom is -0.347 e. The van der Waals surface area contributed by atoms with Gasteiger partial charge in [0.2, 0.25) is 5.91 Å². The Bertz CT molecular complexity index is 389. The van der Waals surface area contributed by atoms with Crippen molar-refractivity contribution in [1.82, 2.24) is 25.5 Å². The molecule has 6 heteroatoms. The van der Waals surface area contributed by atoms with Gasteiger partial charge in [-0.1, -0.05) is 0 Å². The summed E-state index contributed by atoms with van der Waals surface area (Å²) in [5, 5.41) is 6.27. The Labute approximate surface area is 101 Å². The standard InChI is InChI=1S/C11H19N5O/c1-12-3-4-16(2)11(17)9-5-8-10(6-13-9)15-7-14-8/h7,9,12-13H,3-6H2,1-2H3,(H,14,15). The van der Waals surface area contributed by atoms with Gasteiger partial charge in [-0.05, 0) is 7.05 Å². The first kappa shape index (κ1) is 12.1. The van der Waals surface area contributed by atoms with Gasteiger partial charge in [0.05, 0.1) is 23.8 Å². The number of carbonyl (C=O) groups is 1. The fourth-order valence-electron chi connectivity index (χ4n) is 2.00. The summed E-state index contributed by atoms with van der Waals surface area (Å²) in [6, 6.07) is -0.146. The molecule has 1 aromatic heterocycles. The molecule has 2 heterocycles. The van der Waals surface area contributed by atoms with Gasteiger partial charge in [0.15, 0.2) is 0 Å². The van der Waals surface area contributed by atoms with E-state index in [1.807, 2.05) is 14.1 Å². The molecule has 0 saturated carbocycles. The fourth-order valence-corrected chi connectivity index (χ4v) is 2.00. The Morgan fingerprint density at radius 3 is 3.29 bits per heavy atom. The van der Waals surface area contributed by atoms with Gasteiger partial charge in [-0.15, -0.1) is 0 Å². The topological polar surface area (TPSA) is 73.0 Å². The SMILES string of the molecule is CNCCN(C)C(=O)C1Cc2nc[nH]c2CN1. The van der Waals surface area contributed by atoms with Crippen molar-refractivity contribution in [3.63, 3.8) is 0 Å². The van der Waals surface area contributed by atoms with Gasteiger partial charge in [0, 0.05) is 33.1 Å². The van der Waals surface area contributed by atoms with Crippen molar-refractivity contribution in [2.75, 3.05) is 27.2 Å². The number of aromatic amines is 1. The van der Waals surface area contributed by atoms with Crippen LogP contribution in [0.5, 0.6) is 0 Å². The van der Waals surface area contributed by atoms with Crippen LogP contribution >= 0.6 is 0 Å². The van der Waals surface area contributed by atoms with Crippen molar-refractivity contribution in [3.05, 3.63) is 17.7 Å². The zero-order valence-electron chi connectivity index (χ0n) is 10.3. The van der Waals surface area contributed by atoms with Crippen molar-refractivity contribution in [1.29, 1.82) is 0 Å². The average molecular weight is 237 g/mol. The van der Waals surface area contributed by atoms with E-state index in [0.29, 0.717) is 13.0 Å². The highest BCUT2D eigenvalue weighted by Crippen LogP contribution is 2.13. The quantitative estimate of drug-likeness (QED) is 0.635. The van der Waals surface area contributed by atoms with Gasteiger partial charge in [0.25, 0.3) is 0 Å². The number of carbonyl (C=O) groups excluding carboxylic acids is 1. The molecule has 0 aromatic carbocycles. The average Bonchev–Trinajstić information content (AvgIpc) is 2.81. The molecule has 0 saturated heterocycles. The Balaban J connectivity index is 1.93. The summed E-state index contributed by atoms with van der Waals surface area (Å²) in [6.45, 7) is 2.22. The molecule has 0 bridgehead atoms. The van der Waals surface area contributed by atoms with Crippen LogP contribution in [0.1, 0.15) is 11.4 Å². The summed E-state index contributed by atoms with van der Waals surface area (Å²) in [4.78, 5) is 21.2. The van der Waals surface area contributed by atoms with Gasteiger partial charge >= 0.3 is 0 Å². The number of hydrogen-bond acceptors (Lipinski definition) is 4. The maximum Gasteiger partial charge on any atom is 0.239 e. The molecule has 0 radical (unpaired) electrons. The number of nitrogens with zero attached hydrogens (tertiary/aromatic N) is 2. The number of likely N-dealkylation sites (N-methyl/N-ethyl adjacent to an activating group) is 2. The van der Waals surface area contributed by atoms with Gasteiger partial charge in [-0.2, -0.15) is 0 Å². The second kappa shape index (κ2) is 5.29. The molecule has 3 N–H and O–H groups in total. The van der Waals surface area contributed by atoms with Crippen LogP contribution in [0, 0.1) is 0 Å². The molecule has 1 aliphatic rings. The summed E-state index contributed by atoms with van der Waals surface area (Å²) in [5.41, 5.74) is 2.09. The number of H-pyrrole nitrogens is 1. The molecule has 2 rings (SSSR count). The van der Waals surface area contributed by atoms with Crippen molar-refractivity contribution in [3.8, 4) is 0 Å². The highest BCUT2D eigenvalue weighted by molar-refractivity contribution is 5.82. The van der Waals surface area contributed by atoms with E-state index in [-0.39, 0.29) is 11.9 Å². The Kier molecular flexibility index (Phi) is 3.75. The van der Waals surface area contributed by atoms with Crippen LogP contribution < -0.4 is 10.6 Å². The van der Waals surface area contributed by atoms with E-state index in [1.165, 1.54) is 0 Å². The Hall–Kier alpha value is -1.40. The molecule has 1 unspecified atom stereocenters. The van der Waals surface area contributed by atoms with E-state index in [9.17, 15) is 4.79 Å². The van der Waals surface area contributed by atoms with E-state index in [1.54, 1.807) is 11.2 Å². The minimum atomic E-state index is -0.146. The first-order valence-electron chi connectivity index (χ1n) is 5.86. The first-order chi connectivity index (χ1) is 8.22. The van der Waals surface area contributed by atoms with Crippen LogP contribution in [0.3, 0.4) is 0 Å². The van der Waals surface area contributed by atoms with Crippen LogP contribution in [0.25, 0.3) is 0 Å². The molecule has 94 valence electrons. The van der Waals surface area contributed by atoms with Crippen LogP contribution in [-0.4, -0.2) is 54.0 Å². The van der Waals surface area contributed by atoms with E-state index in [0.717, 1.165) is 24.5 Å². The van der Waals surface area contributed by atoms with Gasteiger partial charge in [0.1, 0.15) is 0 Å². The molecule has 1 atom stereocenters. The molecular weight excluding hydrogens is 218 g/mol. The van der Waals surface area contributed by atoms with Crippen LogP contribution in [-0.2, 0) is 17.8 Å². The van der Waals surface area contributed by atoms with Crippen LogP contribution in [0.15, 0.2) is 6.33 Å². The largest absolute Gasteiger partial charge is 0.347 e. The number of rotatable bonds is 4. The summed E-state index contributed by atoms with van der Waals surface area (Å²) in [7, 11) is 3.72. The molecule has 1 aromatic rings. The molecular formula is C11H19N5O. The van der Waals surface area contributed by atoms with Gasteiger partial charge in [-0.3, -0.25) is 10.1 Å². The highest BCUT2D eigenvalue weighted by atomic mass is 16.2. The molecule has 6 nitrogen and oxygen atoms in total. The van der Waals surface area contributed by atoms with Crippen LogP contribution in [0.2, 0.25) is 0 Å². The second-order valence-electron chi connectivity index (χ2n) is 4.33. The lowest BCUT2D eigenvalue weighted by Crippen LogP contribution is -2.49. The normalized spacial score (nSPS) is 18.8. The predicted octanol–water partition coefficient (Wildman–Crippen LogP) is -0.898. The van der Waals surface area contributed by atoms with Crippen molar-refractivity contribution >= 4 is 5.91 Å². The molecule has 17 heavy (non-hydrogen) atoms. The number of aromatic nitrogens is 2. The maximum absolute atomic E-state index is 12.1. The third-order valence-electron chi connectivity index (χ3n) is 3.10. The first-order valence-corrected chi connectivity index (χ1v) is 5.86. The molecule has 1 aliphatic heterocycles. The smallest absolute Gasteiger partial charge is 0.239 e. The van der Waals surface area contributed by atoms with E-state index in [2.05, 4.69) is 20.6 Å². The third-order valence-corrected chi connectivity index (χ3v) is 3.10. The lowest BCUT2D eigenvalue weighted by molar-refractivity contribution is -0.132. The van der Waals surface area contributed by atoms with Gasteiger partial charge < -0.3 is 15.2 Å². The monoisotopic (exact) mass is 237 g/mol. The minimum absolute atomic E-state index is 0.133. The fraction of sp³-hybridized carbons (Fsp3) is 0.636. The summed E-state index contributed by atoms with van der Waals surface area (Å²) < 4.78 is 0. The lowest BCUT2D eigenvalue weighted by Gasteiger charge is -2.27. The summed E-state index contributed by atoms with van der Waals surface area (Å²) in [6.07, 6.45) is 2.35. The Morgan fingerprint density at radius 2 is 2.53 bits per heavy atom. The maximum atomic E-state index is 12.1. The second-order valence-corrected chi connectivity index (χ2v) is 4.33. The van der Waals surface area contributed by atoms with Crippen molar-refractivity contribution in [2.24, 2.45) is 0 Å². The molecule has 0 fully saturated rings. The highest BCUT2D eigenvalue weighted by Gasteiger charge is 2.27. The Morgan fingerprint density at radius 1 is 1.71 bits per heavy atom. The third kappa shape index (κ3) is 2.65. The van der Waals surface area contributed by atoms with Crippen LogP contribution in [0.4, 0.5) is 0 Å². The lowest BCUT2D eigenvalue weighted by atomic mass is 10.0. The number of hydrogen-bond donors (Lipinski definition) is 3. The zero-order valence-corrected chi connectivity index (χ0v) is 10.3.